The third-order valence-corrected chi connectivity index (χ3v) is 2.89. The first-order chi connectivity index (χ1) is 10.6. The Labute approximate surface area is 128 Å². The molecule has 0 fully saturated rings. The van der Waals surface area contributed by atoms with Gasteiger partial charge in [-0.2, -0.15) is 0 Å². The van der Waals surface area contributed by atoms with Gasteiger partial charge in [0, 0.05) is 6.20 Å². The molecular weight excluding hydrogens is 282 g/mol. The summed E-state index contributed by atoms with van der Waals surface area (Å²) in [5.74, 6) is 0.00723. The number of carbonyl (C=O) groups excluding carboxylic acids is 1. The minimum Gasteiger partial charge on any atom is -0.479 e. The van der Waals surface area contributed by atoms with Crippen LogP contribution in [0.15, 0.2) is 53.8 Å². The van der Waals surface area contributed by atoms with Gasteiger partial charge in [-0.1, -0.05) is 29.4 Å². The van der Waals surface area contributed by atoms with Crippen molar-refractivity contribution in [2.75, 3.05) is 0 Å². The fourth-order valence-electron chi connectivity index (χ4n) is 1.66. The average Bonchev–Trinajstić information content (AvgIpc) is 2.55. The Morgan fingerprint density at radius 1 is 1.23 bits per heavy atom. The van der Waals surface area contributed by atoms with Crippen molar-refractivity contribution in [2.24, 2.45) is 10.9 Å². The second kappa shape index (κ2) is 7.21. The van der Waals surface area contributed by atoms with Crippen molar-refractivity contribution < 1.29 is 14.4 Å². The second-order valence-electron chi connectivity index (χ2n) is 4.63. The van der Waals surface area contributed by atoms with Gasteiger partial charge in [0.25, 0.3) is 0 Å². The lowest BCUT2D eigenvalue weighted by molar-refractivity contribution is -0.151. The molecule has 22 heavy (non-hydrogen) atoms. The Morgan fingerprint density at radius 2 is 1.95 bits per heavy atom. The molecule has 0 aliphatic carbocycles. The highest BCUT2D eigenvalue weighted by atomic mass is 16.7. The Hall–Kier alpha value is -2.89. The van der Waals surface area contributed by atoms with Crippen molar-refractivity contribution in [1.29, 1.82) is 0 Å². The van der Waals surface area contributed by atoms with Crippen LogP contribution in [0.1, 0.15) is 18.2 Å². The van der Waals surface area contributed by atoms with E-state index in [1.165, 1.54) is 0 Å². The number of oxime groups is 1. The minimum absolute atomic E-state index is 0.0250. The zero-order valence-corrected chi connectivity index (χ0v) is 12.4. The number of hydrogen-bond acceptors (Lipinski definition) is 5. The van der Waals surface area contributed by atoms with Crippen molar-refractivity contribution >= 4 is 11.8 Å². The molecule has 2 rings (SSSR count). The van der Waals surface area contributed by atoms with E-state index in [0.29, 0.717) is 11.4 Å². The normalized spacial score (nSPS) is 12.5. The van der Waals surface area contributed by atoms with Crippen LogP contribution in [0.4, 0.5) is 0 Å². The molecule has 0 amide bonds. The summed E-state index contributed by atoms with van der Waals surface area (Å²) >= 11 is 0. The SMILES string of the molecule is Cc1ccccc1OC(C)C(=O)O/N=C(\N)c1ccccn1. The second-order valence-corrected chi connectivity index (χ2v) is 4.63. The first-order valence-corrected chi connectivity index (χ1v) is 6.76. The molecule has 2 N–H and O–H groups in total. The van der Waals surface area contributed by atoms with E-state index in [1.807, 2.05) is 25.1 Å². The summed E-state index contributed by atoms with van der Waals surface area (Å²) < 4.78 is 5.54. The van der Waals surface area contributed by atoms with Crippen molar-refractivity contribution in [2.45, 2.75) is 20.0 Å². The summed E-state index contributed by atoms with van der Waals surface area (Å²) in [5, 5.41) is 3.58. The molecule has 114 valence electrons. The van der Waals surface area contributed by atoms with Crippen molar-refractivity contribution in [3.05, 3.63) is 59.9 Å². The highest BCUT2D eigenvalue weighted by Gasteiger charge is 2.18. The number of hydrogen-bond donors (Lipinski definition) is 1. The van der Waals surface area contributed by atoms with E-state index in [-0.39, 0.29) is 5.84 Å². The lowest BCUT2D eigenvalue weighted by atomic mass is 10.2. The van der Waals surface area contributed by atoms with Gasteiger partial charge in [0.05, 0.1) is 0 Å². The van der Waals surface area contributed by atoms with Crippen molar-refractivity contribution in [3.63, 3.8) is 0 Å². The van der Waals surface area contributed by atoms with Crippen LogP contribution in [0.2, 0.25) is 0 Å². The topological polar surface area (TPSA) is 86.8 Å². The molecule has 1 aromatic heterocycles. The summed E-state index contributed by atoms with van der Waals surface area (Å²) in [7, 11) is 0. The molecule has 6 heteroatoms. The number of nitrogens with zero attached hydrogens (tertiary/aromatic N) is 2. The molecule has 0 radical (unpaired) electrons. The maximum atomic E-state index is 11.9. The summed E-state index contributed by atoms with van der Waals surface area (Å²) in [6.45, 7) is 3.48. The molecule has 0 spiro atoms. The number of amidine groups is 1. The number of aromatic nitrogens is 1. The Balaban J connectivity index is 1.96. The predicted octanol–water partition coefficient (Wildman–Crippen LogP) is 2.02. The highest BCUT2D eigenvalue weighted by molar-refractivity contribution is 5.95. The van der Waals surface area contributed by atoms with Gasteiger partial charge in [-0.15, -0.1) is 0 Å². The van der Waals surface area contributed by atoms with Crippen LogP contribution in [-0.4, -0.2) is 22.9 Å². The smallest absolute Gasteiger partial charge is 0.374 e. The van der Waals surface area contributed by atoms with Gasteiger partial charge in [-0.25, -0.2) is 4.79 Å². The number of pyridine rings is 1. The molecule has 1 aromatic carbocycles. The molecule has 1 heterocycles. The van der Waals surface area contributed by atoms with E-state index in [1.54, 1.807) is 37.4 Å². The van der Waals surface area contributed by atoms with Crippen LogP contribution in [0.25, 0.3) is 0 Å². The van der Waals surface area contributed by atoms with Gasteiger partial charge in [-0.3, -0.25) is 4.98 Å². The van der Waals surface area contributed by atoms with Crippen LogP contribution < -0.4 is 10.5 Å². The zero-order valence-electron chi connectivity index (χ0n) is 12.4. The first kappa shape index (κ1) is 15.5. The number of aryl methyl sites for hydroxylation is 1. The van der Waals surface area contributed by atoms with Gasteiger partial charge in [0.15, 0.2) is 11.9 Å². The average molecular weight is 299 g/mol. The molecule has 2 aromatic rings. The molecule has 0 aliphatic rings. The van der Waals surface area contributed by atoms with Gasteiger partial charge in [0.2, 0.25) is 0 Å². The Morgan fingerprint density at radius 3 is 2.64 bits per heavy atom. The van der Waals surface area contributed by atoms with Crippen molar-refractivity contribution in [1.82, 2.24) is 4.98 Å². The summed E-state index contributed by atoms with van der Waals surface area (Å²) in [4.78, 5) is 20.7. The highest BCUT2D eigenvalue weighted by Crippen LogP contribution is 2.18. The molecule has 0 bridgehead atoms. The van der Waals surface area contributed by atoms with Gasteiger partial charge in [-0.05, 0) is 37.6 Å². The van der Waals surface area contributed by atoms with Crippen LogP contribution >= 0.6 is 0 Å². The van der Waals surface area contributed by atoms with E-state index in [4.69, 9.17) is 15.3 Å². The van der Waals surface area contributed by atoms with Gasteiger partial charge in [0.1, 0.15) is 11.4 Å². The largest absolute Gasteiger partial charge is 0.479 e. The number of ether oxygens (including phenoxy) is 1. The van der Waals surface area contributed by atoms with Crippen LogP contribution in [-0.2, 0) is 9.63 Å². The third-order valence-electron chi connectivity index (χ3n) is 2.89. The fourth-order valence-corrected chi connectivity index (χ4v) is 1.66. The van der Waals surface area contributed by atoms with Crippen LogP contribution in [0.5, 0.6) is 5.75 Å². The number of carbonyl (C=O) groups is 1. The first-order valence-electron chi connectivity index (χ1n) is 6.76. The monoisotopic (exact) mass is 299 g/mol. The predicted molar refractivity (Wildman–Crippen MR) is 82.3 cm³/mol. The van der Waals surface area contributed by atoms with E-state index in [9.17, 15) is 4.79 Å². The molecule has 0 saturated carbocycles. The lowest BCUT2D eigenvalue weighted by Gasteiger charge is -2.13. The van der Waals surface area contributed by atoms with E-state index >= 15 is 0 Å². The van der Waals surface area contributed by atoms with Crippen LogP contribution in [0.3, 0.4) is 0 Å². The molecule has 0 aliphatic heterocycles. The maximum absolute atomic E-state index is 11.9. The van der Waals surface area contributed by atoms with Gasteiger partial charge >= 0.3 is 5.97 Å². The zero-order chi connectivity index (χ0) is 15.9. The third kappa shape index (κ3) is 4.05. The molecule has 6 nitrogen and oxygen atoms in total. The number of nitrogens with two attached hydrogens (primary N) is 1. The Kier molecular flexibility index (Phi) is 5.08. The van der Waals surface area contributed by atoms with E-state index in [2.05, 4.69) is 10.1 Å². The molecule has 1 unspecified atom stereocenters. The maximum Gasteiger partial charge on any atom is 0.374 e. The molecule has 1 atom stereocenters. The van der Waals surface area contributed by atoms with E-state index < -0.39 is 12.1 Å². The molecular formula is C16H17N3O3. The number of rotatable bonds is 5. The van der Waals surface area contributed by atoms with E-state index in [0.717, 1.165) is 5.56 Å². The van der Waals surface area contributed by atoms with Gasteiger partial charge < -0.3 is 15.3 Å². The molecule has 0 saturated heterocycles. The summed E-state index contributed by atoms with van der Waals surface area (Å²) in [6, 6.07) is 12.6. The lowest BCUT2D eigenvalue weighted by Crippen LogP contribution is -2.26. The van der Waals surface area contributed by atoms with Crippen molar-refractivity contribution in [3.8, 4) is 5.75 Å². The number of benzene rings is 1. The quantitative estimate of drug-likeness (QED) is 0.395. The minimum atomic E-state index is -0.804. The Bertz CT molecular complexity index is 671. The standard InChI is InChI=1S/C16H17N3O3/c1-11-7-3-4-9-14(11)21-12(2)16(20)22-19-15(17)13-8-5-6-10-18-13/h3-10,12H,1-2H3,(H2,17,19). The summed E-state index contributed by atoms with van der Waals surface area (Å²) in [5.41, 5.74) is 7.05. The number of para-hydroxylation sites is 1. The fraction of sp³-hybridized carbons (Fsp3) is 0.188. The van der Waals surface area contributed by atoms with Crippen LogP contribution in [0, 0.1) is 6.92 Å². The summed E-state index contributed by atoms with van der Waals surface area (Å²) in [6.07, 6.45) is 0.769.